The summed E-state index contributed by atoms with van der Waals surface area (Å²) in [6.07, 6.45) is 3.77. The topological polar surface area (TPSA) is 71.7 Å². The Hall–Kier alpha value is -8.94. The van der Waals surface area contributed by atoms with E-state index < -0.39 is 0 Å². The van der Waals surface area contributed by atoms with Crippen LogP contribution in [0.15, 0.2) is 232 Å². The van der Waals surface area contributed by atoms with Crippen molar-refractivity contribution in [1.82, 2.24) is 9.97 Å². The molecule has 13 aromatic rings. The minimum absolute atomic E-state index is 0.648. The van der Waals surface area contributed by atoms with Crippen molar-refractivity contribution in [3.8, 4) is 22.3 Å². The maximum absolute atomic E-state index is 6.76. The molecule has 0 fully saturated rings. The summed E-state index contributed by atoms with van der Waals surface area (Å²) in [4.78, 5) is 14.5. The Balaban J connectivity index is 0.929. The number of anilines is 6. The van der Waals surface area contributed by atoms with Crippen molar-refractivity contribution >= 4 is 100 Å². The number of benzene rings is 8. The third kappa shape index (κ3) is 6.28. The van der Waals surface area contributed by atoms with E-state index >= 15 is 0 Å². The van der Waals surface area contributed by atoms with Crippen molar-refractivity contribution in [3.63, 3.8) is 0 Å². The van der Waals surface area contributed by atoms with Crippen LogP contribution in [0.2, 0.25) is 0 Å². The molecule has 65 heavy (non-hydrogen) atoms. The Morgan fingerprint density at radius 3 is 1.29 bits per heavy atom. The van der Waals surface area contributed by atoms with Crippen LogP contribution in [0.1, 0.15) is 0 Å². The van der Waals surface area contributed by atoms with Crippen molar-refractivity contribution in [1.29, 1.82) is 0 Å². The number of pyridine rings is 2. The van der Waals surface area contributed by atoms with Gasteiger partial charge in [0.2, 0.25) is 0 Å². The highest BCUT2D eigenvalue weighted by Gasteiger charge is 2.22. The number of nitrogens with zero attached hydrogens (tertiary/aromatic N) is 4. The lowest BCUT2D eigenvalue weighted by atomic mass is 10.0. The van der Waals surface area contributed by atoms with Crippen LogP contribution in [0.25, 0.3) is 88.2 Å². The lowest BCUT2D eigenvalue weighted by Crippen LogP contribution is -2.11. The maximum atomic E-state index is 6.76. The maximum Gasteiger partial charge on any atom is 0.156 e. The van der Waals surface area contributed by atoms with Crippen LogP contribution in [-0.2, 0) is 0 Å². The Morgan fingerprint density at radius 1 is 0.277 bits per heavy atom. The summed E-state index contributed by atoms with van der Waals surface area (Å²) >= 11 is 0. The van der Waals surface area contributed by atoms with Gasteiger partial charge in [-0.25, -0.2) is 9.97 Å². The first-order valence-electron chi connectivity index (χ1n) is 21.6. The Labute approximate surface area is 372 Å². The summed E-state index contributed by atoms with van der Waals surface area (Å²) < 4.78 is 19.5. The van der Waals surface area contributed by atoms with E-state index in [9.17, 15) is 0 Å². The summed E-state index contributed by atoms with van der Waals surface area (Å²) in [6, 6.07) is 71.0. The first kappa shape index (κ1) is 36.7. The summed E-state index contributed by atoms with van der Waals surface area (Å²) in [5.41, 5.74) is 14.5. The molecule has 0 aliphatic carbocycles. The molecule has 7 nitrogen and oxygen atoms in total. The minimum atomic E-state index is 0.648. The average molecular weight is 837 g/mol. The number of fused-ring (bicyclic) bond motifs is 9. The van der Waals surface area contributed by atoms with E-state index in [1.54, 1.807) is 0 Å². The predicted molar refractivity (Wildman–Crippen MR) is 264 cm³/mol. The van der Waals surface area contributed by atoms with Crippen molar-refractivity contribution in [2.45, 2.75) is 0 Å². The van der Waals surface area contributed by atoms with E-state index in [-0.39, 0.29) is 0 Å². The molecule has 0 atom stereocenters. The molecule has 0 aliphatic heterocycles. The van der Waals surface area contributed by atoms with E-state index in [4.69, 9.17) is 23.2 Å². The third-order valence-electron chi connectivity index (χ3n) is 12.4. The molecule has 5 heterocycles. The SMILES string of the molecule is c1ccc(-c2ccc(N(c3ccc4c(c3)oc3ccccc34)c3cnc4c(c3)oc3cc(N(c5ccc(-c6ccccc6)cc5)c5ccc6c(c5)oc5ccccc56)ncc34)cc2)cc1. The minimum Gasteiger partial charge on any atom is -0.456 e. The van der Waals surface area contributed by atoms with Crippen molar-refractivity contribution in [2.24, 2.45) is 0 Å². The van der Waals surface area contributed by atoms with Crippen molar-refractivity contribution < 1.29 is 13.3 Å². The molecule has 5 aromatic heterocycles. The zero-order chi connectivity index (χ0) is 42.8. The largest absolute Gasteiger partial charge is 0.456 e. The molecule has 0 spiro atoms. The van der Waals surface area contributed by atoms with Crippen LogP contribution < -0.4 is 9.80 Å². The number of rotatable bonds is 8. The molecule has 0 saturated carbocycles. The van der Waals surface area contributed by atoms with Crippen LogP contribution in [0, 0.1) is 0 Å². The van der Waals surface area contributed by atoms with Gasteiger partial charge >= 0.3 is 0 Å². The Bertz CT molecular complexity index is 3640. The Kier molecular flexibility index (Phi) is 8.39. The van der Waals surface area contributed by atoms with Crippen molar-refractivity contribution in [2.75, 3.05) is 9.80 Å². The zero-order valence-electron chi connectivity index (χ0n) is 34.8. The molecule has 0 bridgehead atoms. The summed E-state index contributed by atoms with van der Waals surface area (Å²) in [5, 5.41) is 5.12. The number of hydrogen-bond donors (Lipinski definition) is 0. The van der Waals surface area contributed by atoms with Crippen LogP contribution in [0.3, 0.4) is 0 Å². The first-order chi connectivity index (χ1) is 32.2. The molecule has 306 valence electrons. The number of aromatic nitrogens is 2. The normalized spacial score (nSPS) is 11.7. The van der Waals surface area contributed by atoms with Gasteiger partial charge in [0.15, 0.2) is 5.58 Å². The fourth-order valence-electron chi connectivity index (χ4n) is 9.20. The molecule has 0 radical (unpaired) electrons. The third-order valence-corrected chi connectivity index (χ3v) is 12.4. The van der Waals surface area contributed by atoms with Crippen LogP contribution in [0.4, 0.5) is 34.3 Å². The van der Waals surface area contributed by atoms with Gasteiger partial charge in [-0.1, -0.05) is 121 Å². The second-order valence-electron chi connectivity index (χ2n) is 16.2. The van der Waals surface area contributed by atoms with E-state index in [2.05, 4.69) is 161 Å². The number of furan rings is 3. The van der Waals surface area contributed by atoms with Gasteiger partial charge in [0, 0.05) is 69.1 Å². The summed E-state index contributed by atoms with van der Waals surface area (Å²) in [6.45, 7) is 0. The zero-order valence-corrected chi connectivity index (χ0v) is 34.8. The molecule has 7 heteroatoms. The van der Waals surface area contributed by atoms with Gasteiger partial charge in [-0.2, -0.15) is 0 Å². The molecular weight excluding hydrogens is 801 g/mol. The van der Waals surface area contributed by atoms with Gasteiger partial charge in [-0.15, -0.1) is 0 Å². The number of para-hydroxylation sites is 2. The van der Waals surface area contributed by atoms with Gasteiger partial charge in [-0.3, -0.25) is 4.90 Å². The fourth-order valence-corrected chi connectivity index (χ4v) is 9.20. The van der Waals surface area contributed by atoms with E-state index in [1.165, 1.54) is 0 Å². The van der Waals surface area contributed by atoms with E-state index in [0.717, 1.165) is 105 Å². The van der Waals surface area contributed by atoms with E-state index in [0.29, 0.717) is 17.0 Å². The van der Waals surface area contributed by atoms with Gasteiger partial charge in [-0.05, 0) is 82.9 Å². The predicted octanol–water partition coefficient (Wildman–Crippen LogP) is 16.4. The first-order valence-corrected chi connectivity index (χ1v) is 21.6. The van der Waals surface area contributed by atoms with Crippen LogP contribution >= 0.6 is 0 Å². The second-order valence-corrected chi connectivity index (χ2v) is 16.2. The lowest BCUT2D eigenvalue weighted by Gasteiger charge is -2.25. The standard InChI is InChI=1S/C58H36N4O3/c1-3-11-37(12-4-1)39-19-23-41(24-20-39)61(43-27-29-48-46-15-7-9-17-51(46)63-53(48)31-43)45-33-56-58(60-35-45)50-36-59-57(34-55(50)65-56)62(42-25-21-40(22-26-42)38-13-5-2-6-14-38)44-28-30-49-47-16-8-10-18-52(47)64-54(49)32-44/h1-36H. The van der Waals surface area contributed by atoms with Crippen molar-refractivity contribution in [3.05, 3.63) is 219 Å². The van der Waals surface area contributed by atoms with E-state index in [1.807, 2.05) is 67.0 Å². The molecule has 0 aliphatic rings. The second kappa shape index (κ2) is 14.9. The van der Waals surface area contributed by atoms with Crippen LogP contribution in [-0.4, -0.2) is 9.97 Å². The summed E-state index contributed by atoms with van der Waals surface area (Å²) in [5.74, 6) is 0.693. The number of hydrogen-bond acceptors (Lipinski definition) is 7. The highest BCUT2D eigenvalue weighted by molar-refractivity contribution is 6.08. The fraction of sp³-hybridized carbons (Fsp3) is 0. The molecule has 0 unspecified atom stereocenters. The highest BCUT2D eigenvalue weighted by Crippen LogP contribution is 2.43. The van der Waals surface area contributed by atoms with Crippen LogP contribution in [0.5, 0.6) is 0 Å². The molecule has 0 saturated heterocycles. The molecule has 8 aromatic carbocycles. The van der Waals surface area contributed by atoms with Gasteiger partial charge in [0.1, 0.15) is 39.2 Å². The molecule has 0 N–H and O–H groups in total. The average Bonchev–Trinajstić information content (AvgIpc) is 4.05. The summed E-state index contributed by atoms with van der Waals surface area (Å²) in [7, 11) is 0. The van der Waals surface area contributed by atoms with Gasteiger partial charge in [0.25, 0.3) is 0 Å². The lowest BCUT2D eigenvalue weighted by molar-refractivity contribution is 0.668. The smallest absolute Gasteiger partial charge is 0.156 e. The quantitative estimate of drug-likeness (QED) is 0.151. The molecule has 13 rings (SSSR count). The van der Waals surface area contributed by atoms with Gasteiger partial charge in [0.05, 0.1) is 23.0 Å². The molecule has 0 amide bonds. The highest BCUT2D eigenvalue weighted by atomic mass is 16.3. The monoisotopic (exact) mass is 836 g/mol. The molecular formula is C58H36N4O3. The van der Waals surface area contributed by atoms with Gasteiger partial charge < -0.3 is 18.2 Å². The Morgan fingerprint density at radius 2 is 0.708 bits per heavy atom.